The van der Waals surface area contributed by atoms with Crippen LogP contribution in [-0.4, -0.2) is 9.97 Å². The summed E-state index contributed by atoms with van der Waals surface area (Å²) in [6.07, 6.45) is 3.13. The molecule has 0 saturated heterocycles. The van der Waals surface area contributed by atoms with Crippen LogP contribution in [0.15, 0.2) is 29.1 Å². The number of aromatic amines is 1. The summed E-state index contributed by atoms with van der Waals surface area (Å²) in [7, 11) is 0. The van der Waals surface area contributed by atoms with Crippen molar-refractivity contribution in [1.29, 1.82) is 0 Å². The molecule has 1 aliphatic rings. The van der Waals surface area contributed by atoms with Crippen molar-refractivity contribution in [1.82, 2.24) is 9.97 Å². The third kappa shape index (κ3) is 3.06. The molecule has 25 heavy (non-hydrogen) atoms. The summed E-state index contributed by atoms with van der Waals surface area (Å²) >= 11 is 1.65. The van der Waals surface area contributed by atoms with Crippen LogP contribution in [0.3, 0.4) is 0 Å². The molecular weight excluding hydrogens is 337 g/mol. The molecule has 1 aliphatic carbocycles. The Hall–Kier alpha value is -2.21. The zero-order chi connectivity index (χ0) is 17.6. The predicted molar refractivity (Wildman–Crippen MR) is 99.9 cm³/mol. The van der Waals surface area contributed by atoms with E-state index in [1.54, 1.807) is 23.5 Å². The van der Waals surface area contributed by atoms with Crippen molar-refractivity contribution in [2.24, 2.45) is 5.92 Å². The molecule has 0 amide bonds. The first-order valence-corrected chi connectivity index (χ1v) is 9.39. The number of anilines is 1. The van der Waals surface area contributed by atoms with E-state index >= 15 is 0 Å². The van der Waals surface area contributed by atoms with Crippen molar-refractivity contribution in [3.63, 3.8) is 0 Å². The van der Waals surface area contributed by atoms with Gasteiger partial charge in [0.15, 0.2) is 0 Å². The summed E-state index contributed by atoms with van der Waals surface area (Å²) in [5, 5.41) is 4.02. The topological polar surface area (TPSA) is 57.8 Å². The van der Waals surface area contributed by atoms with E-state index in [0.29, 0.717) is 11.7 Å². The largest absolute Gasteiger partial charge is 0.375 e. The fraction of sp³-hybridized carbons (Fsp3) is 0.368. The van der Waals surface area contributed by atoms with Gasteiger partial charge in [-0.3, -0.25) is 4.79 Å². The number of rotatable bonds is 3. The Balaban J connectivity index is 1.68. The molecule has 6 heteroatoms. The average molecular weight is 357 g/mol. The molecular formula is C19H20FN3OS. The van der Waals surface area contributed by atoms with Crippen molar-refractivity contribution in [3.8, 4) is 0 Å². The lowest BCUT2D eigenvalue weighted by Crippen LogP contribution is -2.18. The normalized spacial score (nSPS) is 18.1. The van der Waals surface area contributed by atoms with Gasteiger partial charge in [0, 0.05) is 10.6 Å². The van der Waals surface area contributed by atoms with Gasteiger partial charge in [0.05, 0.1) is 11.4 Å². The van der Waals surface area contributed by atoms with Crippen LogP contribution in [0.25, 0.3) is 10.2 Å². The van der Waals surface area contributed by atoms with E-state index in [4.69, 9.17) is 4.98 Å². The Labute approximate surface area is 149 Å². The van der Waals surface area contributed by atoms with Gasteiger partial charge < -0.3 is 10.3 Å². The van der Waals surface area contributed by atoms with E-state index in [1.165, 1.54) is 22.6 Å². The van der Waals surface area contributed by atoms with Crippen LogP contribution in [0.4, 0.5) is 10.1 Å². The van der Waals surface area contributed by atoms with Gasteiger partial charge in [-0.05, 0) is 61.9 Å². The molecule has 0 saturated carbocycles. The Morgan fingerprint density at radius 1 is 1.36 bits per heavy atom. The number of hydrogen-bond acceptors (Lipinski definition) is 4. The summed E-state index contributed by atoms with van der Waals surface area (Å²) in [5.41, 5.74) is 1.92. The summed E-state index contributed by atoms with van der Waals surface area (Å²) in [4.78, 5) is 22.4. The van der Waals surface area contributed by atoms with Crippen LogP contribution in [0.2, 0.25) is 0 Å². The first-order valence-electron chi connectivity index (χ1n) is 8.58. The third-order valence-electron chi connectivity index (χ3n) is 4.82. The number of halogens is 1. The number of H-pyrrole nitrogens is 1. The van der Waals surface area contributed by atoms with Gasteiger partial charge in [0.2, 0.25) is 0 Å². The van der Waals surface area contributed by atoms with Crippen molar-refractivity contribution in [2.45, 2.75) is 39.2 Å². The number of hydrogen-bond donors (Lipinski definition) is 2. The highest BCUT2D eigenvalue weighted by Crippen LogP contribution is 2.35. The fourth-order valence-electron chi connectivity index (χ4n) is 3.44. The standard InChI is InChI=1S/C19H20FN3OS/c1-10-3-8-14-15(9-10)25-19-16(14)18(24)22-17(23-19)11(2)21-13-6-4-12(20)5-7-13/h4-7,10-11,21H,3,8-9H2,1-2H3,(H,22,23,24)/t10-,11-/m0/s1. The zero-order valence-electron chi connectivity index (χ0n) is 14.2. The Bertz CT molecular complexity index is 977. The van der Waals surface area contributed by atoms with Gasteiger partial charge in [0.25, 0.3) is 5.56 Å². The minimum absolute atomic E-state index is 0.0557. The second-order valence-corrected chi connectivity index (χ2v) is 7.94. The minimum atomic E-state index is -0.274. The molecule has 2 atom stereocenters. The maximum absolute atomic E-state index is 13.0. The molecule has 0 unspecified atom stereocenters. The van der Waals surface area contributed by atoms with Crippen molar-refractivity contribution < 1.29 is 4.39 Å². The molecule has 0 spiro atoms. The van der Waals surface area contributed by atoms with E-state index in [9.17, 15) is 9.18 Å². The minimum Gasteiger partial charge on any atom is -0.375 e. The highest BCUT2D eigenvalue weighted by molar-refractivity contribution is 7.18. The van der Waals surface area contributed by atoms with Crippen LogP contribution in [0.1, 0.15) is 42.6 Å². The molecule has 0 bridgehead atoms. The van der Waals surface area contributed by atoms with Gasteiger partial charge in [-0.15, -0.1) is 11.3 Å². The van der Waals surface area contributed by atoms with Crippen molar-refractivity contribution >= 4 is 27.2 Å². The molecule has 0 radical (unpaired) electrons. The number of nitrogens with zero attached hydrogens (tertiary/aromatic N) is 1. The van der Waals surface area contributed by atoms with Gasteiger partial charge in [-0.2, -0.15) is 0 Å². The summed E-state index contributed by atoms with van der Waals surface area (Å²) in [5.74, 6) is 0.996. The van der Waals surface area contributed by atoms with Gasteiger partial charge in [0.1, 0.15) is 16.5 Å². The molecule has 2 N–H and O–H groups in total. The van der Waals surface area contributed by atoms with E-state index in [0.717, 1.165) is 35.2 Å². The van der Waals surface area contributed by atoms with Crippen LogP contribution in [0, 0.1) is 11.7 Å². The third-order valence-corrected chi connectivity index (χ3v) is 5.97. The molecule has 0 fully saturated rings. The number of thiophene rings is 1. The average Bonchev–Trinajstić information content (AvgIpc) is 2.94. The quantitative estimate of drug-likeness (QED) is 0.729. The zero-order valence-corrected chi connectivity index (χ0v) is 15.0. The SMILES string of the molecule is C[C@H]1CCc2c(sc3nc([C@H](C)Nc4ccc(F)cc4)[nH]c(=O)c23)C1. The second kappa shape index (κ2) is 6.26. The van der Waals surface area contributed by atoms with Crippen molar-refractivity contribution in [2.75, 3.05) is 5.32 Å². The van der Waals surface area contributed by atoms with Crippen LogP contribution < -0.4 is 10.9 Å². The van der Waals surface area contributed by atoms with Gasteiger partial charge in [-0.25, -0.2) is 9.37 Å². The van der Waals surface area contributed by atoms with E-state index in [2.05, 4.69) is 17.2 Å². The highest BCUT2D eigenvalue weighted by Gasteiger charge is 2.23. The lowest BCUT2D eigenvalue weighted by molar-refractivity contribution is 0.509. The number of aryl methyl sites for hydroxylation is 1. The number of aromatic nitrogens is 2. The number of benzene rings is 1. The van der Waals surface area contributed by atoms with Crippen LogP contribution >= 0.6 is 11.3 Å². The Kier molecular flexibility index (Phi) is 4.07. The molecule has 0 aliphatic heterocycles. The smallest absolute Gasteiger partial charge is 0.259 e. The summed E-state index contributed by atoms with van der Waals surface area (Å²) in [6, 6.07) is 5.98. The monoisotopic (exact) mass is 357 g/mol. The molecule has 1 aromatic carbocycles. The molecule has 3 aromatic rings. The summed E-state index contributed by atoms with van der Waals surface area (Å²) in [6.45, 7) is 4.19. The predicted octanol–water partition coefficient (Wildman–Crippen LogP) is 4.42. The lowest BCUT2D eigenvalue weighted by Gasteiger charge is -2.17. The Morgan fingerprint density at radius 3 is 2.88 bits per heavy atom. The van der Waals surface area contributed by atoms with Gasteiger partial charge >= 0.3 is 0 Å². The maximum Gasteiger partial charge on any atom is 0.259 e. The first kappa shape index (κ1) is 16.3. The van der Waals surface area contributed by atoms with Gasteiger partial charge in [-0.1, -0.05) is 6.92 Å². The summed E-state index contributed by atoms with van der Waals surface area (Å²) < 4.78 is 13.0. The molecule has 4 nitrogen and oxygen atoms in total. The molecule has 4 rings (SSSR count). The fourth-order valence-corrected chi connectivity index (χ4v) is 4.83. The van der Waals surface area contributed by atoms with Crippen LogP contribution in [-0.2, 0) is 12.8 Å². The first-order chi connectivity index (χ1) is 12.0. The maximum atomic E-state index is 13.0. The molecule has 2 heterocycles. The molecule has 130 valence electrons. The lowest BCUT2D eigenvalue weighted by atomic mass is 9.89. The van der Waals surface area contributed by atoms with Crippen molar-refractivity contribution in [3.05, 3.63) is 56.7 Å². The number of nitrogens with one attached hydrogen (secondary N) is 2. The van der Waals surface area contributed by atoms with E-state index < -0.39 is 0 Å². The van der Waals surface area contributed by atoms with E-state index in [1.807, 2.05) is 6.92 Å². The second-order valence-electron chi connectivity index (χ2n) is 6.86. The highest BCUT2D eigenvalue weighted by atomic mass is 32.1. The molecule has 2 aromatic heterocycles. The Morgan fingerprint density at radius 2 is 2.12 bits per heavy atom. The van der Waals surface area contributed by atoms with Crippen LogP contribution in [0.5, 0.6) is 0 Å². The van der Waals surface area contributed by atoms with E-state index in [-0.39, 0.29) is 17.4 Å². The number of fused-ring (bicyclic) bond motifs is 3.